The number of hydrogen-bond donors (Lipinski definition) is 3. The summed E-state index contributed by atoms with van der Waals surface area (Å²) in [5.74, 6) is -1.02. The third-order valence-corrected chi connectivity index (χ3v) is 2.56. The Morgan fingerprint density at radius 1 is 1.40 bits per heavy atom. The molecule has 1 rings (SSSR count). The van der Waals surface area contributed by atoms with Crippen LogP contribution in [-0.4, -0.2) is 41.8 Å². The number of ether oxygens (including phenoxy) is 1. The van der Waals surface area contributed by atoms with Gasteiger partial charge in [-0.15, -0.1) is 0 Å². The normalized spacial score (nSPS) is 12.1. The topological polar surface area (TPSA) is 95.9 Å². The number of aliphatic hydroxyl groups excluding tert-OH is 1. The Bertz CT molecular complexity index is 498. The molecular weight excluding hydrogens is 262 g/mol. The number of nitrogens with one attached hydrogen (secondary N) is 1. The summed E-state index contributed by atoms with van der Waals surface area (Å²) in [6.45, 7) is 0.0859. The predicted molar refractivity (Wildman–Crippen MR) is 73.3 cm³/mol. The molecule has 0 bridgehead atoms. The molecule has 6 nitrogen and oxygen atoms in total. The molecule has 3 N–H and O–H groups in total. The van der Waals surface area contributed by atoms with Crippen LogP contribution in [0.2, 0.25) is 0 Å². The lowest BCUT2D eigenvalue weighted by Gasteiger charge is -2.06. The molecule has 1 unspecified atom stereocenters. The Morgan fingerprint density at radius 2 is 2.10 bits per heavy atom. The van der Waals surface area contributed by atoms with Gasteiger partial charge < -0.3 is 20.3 Å². The van der Waals surface area contributed by atoms with Crippen LogP contribution in [0.5, 0.6) is 5.75 Å². The first-order chi connectivity index (χ1) is 9.54. The Hall–Kier alpha value is -2.34. The van der Waals surface area contributed by atoms with E-state index in [1.165, 1.54) is 6.08 Å². The number of hydrogen-bond acceptors (Lipinski definition) is 4. The Morgan fingerprint density at radius 3 is 2.75 bits per heavy atom. The van der Waals surface area contributed by atoms with E-state index in [0.29, 0.717) is 5.75 Å². The Kier molecular flexibility index (Phi) is 6.25. The largest absolute Gasteiger partial charge is 0.496 e. The van der Waals surface area contributed by atoms with Crippen LogP contribution in [0.25, 0.3) is 6.08 Å². The first-order valence-corrected chi connectivity index (χ1v) is 6.04. The average molecular weight is 279 g/mol. The highest BCUT2D eigenvalue weighted by Crippen LogP contribution is 2.18. The second-order valence-corrected chi connectivity index (χ2v) is 4.01. The van der Waals surface area contributed by atoms with Gasteiger partial charge >= 0.3 is 5.97 Å². The number of amides is 1. The zero-order valence-electron chi connectivity index (χ0n) is 11.1. The molecule has 108 valence electrons. The zero-order valence-corrected chi connectivity index (χ0v) is 11.1. The first kappa shape index (κ1) is 15.7. The van der Waals surface area contributed by atoms with Gasteiger partial charge in [-0.1, -0.05) is 18.2 Å². The molecule has 20 heavy (non-hydrogen) atoms. The minimum Gasteiger partial charge on any atom is -0.496 e. The van der Waals surface area contributed by atoms with Crippen LogP contribution in [0.1, 0.15) is 12.0 Å². The van der Waals surface area contributed by atoms with Crippen molar-refractivity contribution in [2.75, 3.05) is 13.7 Å². The van der Waals surface area contributed by atoms with Crippen molar-refractivity contribution in [2.24, 2.45) is 0 Å². The summed E-state index contributed by atoms with van der Waals surface area (Å²) in [6, 6.07) is 7.23. The van der Waals surface area contributed by atoms with E-state index in [1.54, 1.807) is 25.3 Å². The number of aliphatic carboxylic acids is 1. The second-order valence-electron chi connectivity index (χ2n) is 4.01. The highest BCUT2D eigenvalue weighted by molar-refractivity contribution is 5.92. The van der Waals surface area contributed by atoms with Gasteiger partial charge in [-0.05, 0) is 12.1 Å². The molecule has 0 aliphatic carbocycles. The summed E-state index contributed by atoms with van der Waals surface area (Å²) in [5, 5.41) is 20.0. The van der Waals surface area contributed by atoms with Gasteiger partial charge in [-0.2, -0.15) is 0 Å². The molecule has 1 amide bonds. The van der Waals surface area contributed by atoms with E-state index in [9.17, 15) is 9.59 Å². The number of carbonyl (C=O) groups is 2. The third-order valence-electron chi connectivity index (χ3n) is 2.56. The quantitative estimate of drug-likeness (QED) is 0.637. The van der Waals surface area contributed by atoms with Crippen molar-refractivity contribution in [2.45, 2.75) is 12.5 Å². The number of methoxy groups -OCH3 is 1. The first-order valence-electron chi connectivity index (χ1n) is 6.04. The minimum atomic E-state index is -1.46. The van der Waals surface area contributed by atoms with Gasteiger partial charge in [0.15, 0.2) is 6.10 Å². The van der Waals surface area contributed by atoms with Crippen molar-refractivity contribution in [3.05, 3.63) is 35.9 Å². The van der Waals surface area contributed by atoms with Crippen molar-refractivity contribution in [1.82, 2.24) is 5.32 Å². The molecule has 1 aromatic carbocycles. The molecule has 0 saturated heterocycles. The molecule has 0 fully saturated rings. The minimum absolute atomic E-state index is 0.0381. The van der Waals surface area contributed by atoms with Gasteiger partial charge in [0.25, 0.3) is 0 Å². The molecular formula is C14H17NO5. The molecule has 0 radical (unpaired) electrons. The van der Waals surface area contributed by atoms with E-state index < -0.39 is 12.1 Å². The van der Waals surface area contributed by atoms with E-state index in [0.717, 1.165) is 5.56 Å². The highest BCUT2D eigenvalue weighted by atomic mass is 16.5. The van der Waals surface area contributed by atoms with Gasteiger partial charge in [-0.3, -0.25) is 4.79 Å². The van der Waals surface area contributed by atoms with Crippen molar-refractivity contribution in [3.63, 3.8) is 0 Å². The fourth-order valence-electron chi connectivity index (χ4n) is 1.48. The lowest BCUT2D eigenvalue weighted by Crippen LogP contribution is -2.28. The van der Waals surface area contributed by atoms with Gasteiger partial charge in [-0.25, -0.2) is 4.79 Å². The molecule has 0 aliphatic rings. The molecule has 0 aromatic heterocycles. The molecule has 0 heterocycles. The van der Waals surface area contributed by atoms with Crippen LogP contribution >= 0.6 is 0 Å². The van der Waals surface area contributed by atoms with Crippen LogP contribution < -0.4 is 10.1 Å². The van der Waals surface area contributed by atoms with Crippen LogP contribution in [0, 0.1) is 0 Å². The second kappa shape index (κ2) is 7.96. The Balaban J connectivity index is 2.46. The predicted octanol–water partition coefficient (Wildman–Crippen LogP) is 0.660. The van der Waals surface area contributed by atoms with Crippen molar-refractivity contribution in [1.29, 1.82) is 0 Å². The monoisotopic (exact) mass is 279 g/mol. The summed E-state index contributed by atoms with van der Waals surface area (Å²) in [4.78, 5) is 21.9. The standard InChI is InChI=1S/C14H17NO5/c1-20-12-5-3-2-4-10(12)6-7-13(17)15-9-8-11(16)14(18)19/h2-7,11,16H,8-9H2,1H3,(H,15,17)(H,18,19)/b7-6+. The number of carboxylic acid groups (broad SMARTS) is 1. The molecule has 0 aliphatic heterocycles. The zero-order chi connectivity index (χ0) is 15.0. The molecule has 6 heteroatoms. The maximum atomic E-state index is 11.5. The maximum absolute atomic E-state index is 11.5. The number of aliphatic hydroxyl groups is 1. The van der Waals surface area contributed by atoms with Gasteiger partial charge in [0.1, 0.15) is 5.75 Å². The van der Waals surface area contributed by atoms with E-state index in [4.69, 9.17) is 14.9 Å². The molecule has 0 spiro atoms. The fraction of sp³-hybridized carbons (Fsp3) is 0.286. The SMILES string of the molecule is COc1ccccc1/C=C/C(=O)NCCC(O)C(=O)O. The number of rotatable bonds is 7. The fourth-order valence-corrected chi connectivity index (χ4v) is 1.48. The summed E-state index contributed by atoms with van der Waals surface area (Å²) in [5.41, 5.74) is 0.760. The summed E-state index contributed by atoms with van der Waals surface area (Å²) < 4.78 is 5.14. The lowest BCUT2D eigenvalue weighted by atomic mass is 10.2. The molecule has 1 atom stereocenters. The van der Waals surface area contributed by atoms with Crippen molar-refractivity contribution in [3.8, 4) is 5.75 Å². The number of carboxylic acids is 1. The van der Waals surface area contributed by atoms with Gasteiger partial charge in [0.2, 0.25) is 5.91 Å². The van der Waals surface area contributed by atoms with Crippen LogP contribution in [-0.2, 0) is 9.59 Å². The smallest absolute Gasteiger partial charge is 0.332 e. The van der Waals surface area contributed by atoms with Crippen LogP contribution in [0.15, 0.2) is 30.3 Å². The van der Waals surface area contributed by atoms with E-state index in [2.05, 4.69) is 5.32 Å². The van der Waals surface area contributed by atoms with E-state index in [-0.39, 0.29) is 18.9 Å². The summed E-state index contributed by atoms with van der Waals surface area (Å²) in [6.07, 6.45) is 1.42. The Labute approximate surface area is 116 Å². The maximum Gasteiger partial charge on any atom is 0.332 e. The highest BCUT2D eigenvalue weighted by Gasteiger charge is 2.12. The van der Waals surface area contributed by atoms with Gasteiger partial charge in [0, 0.05) is 24.6 Å². The average Bonchev–Trinajstić information content (AvgIpc) is 2.45. The third kappa shape index (κ3) is 5.11. The van der Waals surface area contributed by atoms with E-state index in [1.807, 2.05) is 12.1 Å². The number of carbonyl (C=O) groups excluding carboxylic acids is 1. The molecule has 0 saturated carbocycles. The number of para-hydroxylation sites is 1. The number of benzene rings is 1. The van der Waals surface area contributed by atoms with Crippen molar-refractivity contribution >= 4 is 18.0 Å². The van der Waals surface area contributed by atoms with Crippen LogP contribution in [0.3, 0.4) is 0 Å². The van der Waals surface area contributed by atoms with Gasteiger partial charge in [0.05, 0.1) is 7.11 Å². The van der Waals surface area contributed by atoms with E-state index >= 15 is 0 Å². The van der Waals surface area contributed by atoms with Crippen molar-refractivity contribution < 1.29 is 24.5 Å². The van der Waals surface area contributed by atoms with Crippen LogP contribution in [0.4, 0.5) is 0 Å². The molecule has 1 aromatic rings. The summed E-state index contributed by atoms with van der Waals surface area (Å²) >= 11 is 0. The lowest BCUT2D eigenvalue weighted by molar-refractivity contribution is -0.147. The summed E-state index contributed by atoms with van der Waals surface area (Å²) in [7, 11) is 1.54.